The number of thiophene rings is 1. The smallest absolute Gasteiger partial charge is 0.138 e. The van der Waals surface area contributed by atoms with Crippen LogP contribution in [0.2, 0.25) is 0 Å². The lowest BCUT2D eigenvalue weighted by Crippen LogP contribution is -1.97. The minimum atomic E-state index is 0.549. The van der Waals surface area contributed by atoms with Crippen LogP contribution >= 0.6 is 11.3 Å². The SMILES string of the molecule is N=C(c1ccc2nc(-c3ccccc3)[nH]c2c1)c1cccs1. The van der Waals surface area contributed by atoms with E-state index < -0.39 is 0 Å². The van der Waals surface area contributed by atoms with Gasteiger partial charge in [-0.2, -0.15) is 0 Å². The van der Waals surface area contributed by atoms with Crippen LogP contribution < -0.4 is 0 Å². The number of aromatic amines is 1. The van der Waals surface area contributed by atoms with Crippen LogP contribution in [0.15, 0.2) is 66.0 Å². The normalized spacial score (nSPS) is 10.9. The van der Waals surface area contributed by atoms with Crippen molar-refractivity contribution in [2.75, 3.05) is 0 Å². The first-order chi connectivity index (χ1) is 10.8. The van der Waals surface area contributed by atoms with E-state index in [1.54, 1.807) is 11.3 Å². The van der Waals surface area contributed by atoms with Crippen molar-refractivity contribution in [2.24, 2.45) is 0 Å². The van der Waals surface area contributed by atoms with Gasteiger partial charge in [-0.15, -0.1) is 11.3 Å². The third-order valence-corrected chi connectivity index (χ3v) is 4.47. The molecular formula is C18H13N3S. The summed E-state index contributed by atoms with van der Waals surface area (Å²) in [6, 6.07) is 19.9. The number of H-pyrrole nitrogens is 1. The second-order valence-corrected chi connectivity index (χ2v) is 5.98. The summed E-state index contributed by atoms with van der Waals surface area (Å²) in [5.41, 5.74) is 4.39. The molecule has 0 spiro atoms. The molecule has 0 saturated carbocycles. The lowest BCUT2D eigenvalue weighted by atomic mass is 10.1. The van der Waals surface area contributed by atoms with Gasteiger partial charge in [-0.25, -0.2) is 4.98 Å². The number of rotatable bonds is 3. The third-order valence-electron chi connectivity index (χ3n) is 3.59. The molecule has 0 saturated heterocycles. The molecule has 0 bridgehead atoms. The number of fused-ring (bicyclic) bond motifs is 1. The van der Waals surface area contributed by atoms with Crippen LogP contribution in [0.1, 0.15) is 10.4 Å². The van der Waals surface area contributed by atoms with Crippen LogP contribution in [0.3, 0.4) is 0 Å². The van der Waals surface area contributed by atoms with Crippen LogP contribution in [-0.4, -0.2) is 15.7 Å². The van der Waals surface area contributed by atoms with Crippen LogP contribution in [0, 0.1) is 5.41 Å². The van der Waals surface area contributed by atoms with E-state index in [0.29, 0.717) is 5.71 Å². The Hall–Kier alpha value is -2.72. The minimum absolute atomic E-state index is 0.549. The zero-order chi connectivity index (χ0) is 14.9. The highest BCUT2D eigenvalue weighted by molar-refractivity contribution is 7.12. The van der Waals surface area contributed by atoms with E-state index in [1.165, 1.54) is 0 Å². The highest BCUT2D eigenvalue weighted by atomic mass is 32.1. The van der Waals surface area contributed by atoms with Gasteiger partial charge in [0.25, 0.3) is 0 Å². The summed E-state index contributed by atoms with van der Waals surface area (Å²) in [6.45, 7) is 0. The zero-order valence-electron chi connectivity index (χ0n) is 11.7. The number of hydrogen-bond donors (Lipinski definition) is 2. The van der Waals surface area contributed by atoms with E-state index in [-0.39, 0.29) is 0 Å². The van der Waals surface area contributed by atoms with Gasteiger partial charge in [0.05, 0.1) is 21.6 Å². The lowest BCUT2D eigenvalue weighted by molar-refractivity contribution is 1.34. The first kappa shape index (κ1) is 13.0. The quantitative estimate of drug-likeness (QED) is 0.529. The molecule has 2 heterocycles. The first-order valence-corrected chi connectivity index (χ1v) is 7.87. The Balaban J connectivity index is 1.77. The molecular weight excluding hydrogens is 290 g/mol. The number of nitrogens with one attached hydrogen (secondary N) is 2. The average molecular weight is 303 g/mol. The van der Waals surface area contributed by atoms with E-state index in [0.717, 1.165) is 32.9 Å². The predicted octanol–water partition coefficient (Wildman–Crippen LogP) is 4.71. The molecule has 0 aliphatic heterocycles. The van der Waals surface area contributed by atoms with Gasteiger partial charge >= 0.3 is 0 Å². The van der Waals surface area contributed by atoms with Crippen LogP contribution in [0.25, 0.3) is 22.4 Å². The van der Waals surface area contributed by atoms with Gasteiger partial charge < -0.3 is 4.98 Å². The highest BCUT2D eigenvalue weighted by Gasteiger charge is 2.09. The Labute approximate surface area is 131 Å². The molecule has 0 aliphatic carbocycles. The second kappa shape index (κ2) is 5.24. The van der Waals surface area contributed by atoms with E-state index in [2.05, 4.69) is 9.97 Å². The molecule has 0 amide bonds. The summed E-state index contributed by atoms with van der Waals surface area (Å²) < 4.78 is 0. The molecule has 2 aromatic heterocycles. The molecule has 0 atom stereocenters. The fourth-order valence-electron chi connectivity index (χ4n) is 2.46. The standard InChI is InChI=1S/C18H13N3S/c19-17(16-7-4-10-22-16)13-8-9-14-15(11-13)21-18(20-14)12-5-2-1-3-6-12/h1-11,19H,(H,20,21). The van der Waals surface area contributed by atoms with Crippen molar-refractivity contribution in [3.8, 4) is 11.4 Å². The van der Waals surface area contributed by atoms with Gasteiger partial charge in [-0.1, -0.05) is 42.5 Å². The monoisotopic (exact) mass is 303 g/mol. The lowest BCUT2D eigenvalue weighted by Gasteiger charge is -2.01. The molecule has 0 radical (unpaired) electrons. The summed E-state index contributed by atoms with van der Waals surface area (Å²) in [6.07, 6.45) is 0. The van der Waals surface area contributed by atoms with E-state index in [9.17, 15) is 0 Å². The number of imidazole rings is 1. The summed E-state index contributed by atoms with van der Waals surface area (Å²) >= 11 is 1.58. The molecule has 4 rings (SSSR count). The molecule has 3 nitrogen and oxygen atoms in total. The largest absolute Gasteiger partial charge is 0.338 e. The topological polar surface area (TPSA) is 52.5 Å². The number of aromatic nitrogens is 2. The predicted molar refractivity (Wildman–Crippen MR) is 91.8 cm³/mol. The maximum atomic E-state index is 8.31. The Morgan fingerprint density at radius 1 is 1.00 bits per heavy atom. The van der Waals surface area contributed by atoms with Gasteiger partial charge in [-0.3, -0.25) is 5.41 Å². The van der Waals surface area contributed by atoms with Gasteiger partial charge in [-0.05, 0) is 23.6 Å². The van der Waals surface area contributed by atoms with Gasteiger partial charge in [0, 0.05) is 11.1 Å². The average Bonchev–Trinajstić information content (AvgIpc) is 3.23. The van der Waals surface area contributed by atoms with Crippen molar-refractivity contribution in [3.05, 3.63) is 76.5 Å². The summed E-state index contributed by atoms with van der Waals surface area (Å²) in [5, 5.41) is 10.3. The molecule has 2 N–H and O–H groups in total. The summed E-state index contributed by atoms with van der Waals surface area (Å²) in [5.74, 6) is 0.857. The molecule has 2 aromatic carbocycles. The Morgan fingerprint density at radius 2 is 1.86 bits per heavy atom. The zero-order valence-corrected chi connectivity index (χ0v) is 12.5. The summed E-state index contributed by atoms with van der Waals surface area (Å²) in [7, 11) is 0. The fourth-order valence-corrected chi connectivity index (χ4v) is 3.16. The van der Waals surface area contributed by atoms with Crippen molar-refractivity contribution in [1.82, 2.24) is 9.97 Å². The molecule has 0 aliphatic rings. The number of nitrogens with zero attached hydrogens (tertiary/aromatic N) is 1. The van der Waals surface area contributed by atoms with Crippen LogP contribution in [-0.2, 0) is 0 Å². The molecule has 106 valence electrons. The Morgan fingerprint density at radius 3 is 2.64 bits per heavy atom. The minimum Gasteiger partial charge on any atom is -0.338 e. The van der Waals surface area contributed by atoms with E-state index in [1.807, 2.05) is 66.0 Å². The van der Waals surface area contributed by atoms with E-state index in [4.69, 9.17) is 5.41 Å². The Bertz CT molecular complexity index is 937. The number of hydrogen-bond acceptors (Lipinski definition) is 3. The summed E-state index contributed by atoms with van der Waals surface area (Å²) in [4.78, 5) is 8.94. The van der Waals surface area contributed by atoms with Gasteiger partial charge in [0.1, 0.15) is 5.82 Å². The van der Waals surface area contributed by atoms with Crippen molar-refractivity contribution in [2.45, 2.75) is 0 Å². The maximum absolute atomic E-state index is 8.31. The fraction of sp³-hybridized carbons (Fsp3) is 0. The van der Waals surface area contributed by atoms with Crippen LogP contribution in [0.5, 0.6) is 0 Å². The molecule has 0 unspecified atom stereocenters. The maximum Gasteiger partial charge on any atom is 0.138 e. The molecule has 4 aromatic rings. The van der Waals surface area contributed by atoms with Gasteiger partial charge in [0.15, 0.2) is 0 Å². The van der Waals surface area contributed by atoms with Gasteiger partial charge in [0.2, 0.25) is 0 Å². The molecule has 22 heavy (non-hydrogen) atoms. The second-order valence-electron chi connectivity index (χ2n) is 5.04. The van der Waals surface area contributed by atoms with Crippen molar-refractivity contribution in [1.29, 1.82) is 5.41 Å². The highest BCUT2D eigenvalue weighted by Crippen LogP contribution is 2.23. The first-order valence-electron chi connectivity index (χ1n) is 6.99. The Kier molecular flexibility index (Phi) is 3.09. The van der Waals surface area contributed by atoms with Crippen LogP contribution in [0.4, 0.5) is 0 Å². The van der Waals surface area contributed by atoms with E-state index >= 15 is 0 Å². The molecule has 4 heteroatoms. The van der Waals surface area contributed by atoms with Crippen molar-refractivity contribution < 1.29 is 0 Å². The molecule has 0 fully saturated rings. The van der Waals surface area contributed by atoms with Crippen molar-refractivity contribution >= 4 is 28.1 Å². The third kappa shape index (κ3) is 2.23. The number of benzene rings is 2. The van der Waals surface area contributed by atoms with Crippen molar-refractivity contribution in [3.63, 3.8) is 0 Å².